The molecule has 0 radical (unpaired) electrons. The maximum Gasteiger partial charge on any atom is 0.255 e. The summed E-state index contributed by atoms with van der Waals surface area (Å²) in [6.45, 7) is 2.03. The molecule has 0 aliphatic carbocycles. The van der Waals surface area contributed by atoms with Gasteiger partial charge in [0.2, 0.25) is 0 Å². The lowest BCUT2D eigenvalue weighted by Gasteiger charge is -2.06. The average molecular weight is 352 g/mol. The number of nitriles is 1. The number of hydrogen-bond acceptors (Lipinski definition) is 3. The Morgan fingerprint density at radius 3 is 2.67 bits per heavy atom. The van der Waals surface area contributed by atoms with Gasteiger partial charge in [0.25, 0.3) is 5.91 Å². The molecule has 0 spiro atoms. The van der Waals surface area contributed by atoms with Gasteiger partial charge in [-0.2, -0.15) is 5.26 Å². The summed E-state index contributed by atoms with van der Waals surface area (Å²) in [6.07, 6.45) is 3.96. The summed E-state index contributed by atoms with van der Waals surface area (Å²) in [5, 5.41) is 11.8. The number of aryl methyl sites for hydroxylation is 1. The number of nitrogens with zero attached hydrogens (tertiary/aromatic N) is 3. The average Bonchev–Trinajstić information content (AvgIpc) is 3.14. The Balaban J connectivity index is 1.55. The number of imidazole rings is 1. The predicted molar refractivity (Wildman–Crippen MR) is 104 cm³/mol. The quantitative estimate of drug-likeness (QED) is 0.593. The summed E-state index contributed by atoms with van der Waals surface area (Å²) in [4.78, 5) is 17.0. The SMILES string of the molecule is Cc1cccn2cc(-c3ccc(NC(=O)c4cccc(C#N)c4)cc3)nc12. The molecule has 0 atom stereocenters. The number of carbonyl (C=O) groups excluding carboxylic acids is 1. The summed E-state index contributed by atoms with van der Waals surface area (Å²) in [5.41, 5.74) is 5.50. The Kier molecular flexibility index (Phi) is 4.15. The molecular weight excluding hydrogens is 336 g/mol. The van der Waals surface area contributed by atoms with Crippen molar-refractivity contribution in [1.29, 1.82) is 5.26 Å². The highest BCUT2D eigenvalue weighted by Gasteiger charge is 2.09. The first-order valence-corrected chi connectivity index (χ1v) is 8.50. The monoisotopic (exact) mass is 352 g/mol. The first-order valence-electron chi connectivity index (χ1n) is 8.50. The fraction of sp³-hybridized carbons (Fsp3) is 0.0455. The van der Waals surface area contributed by atoms with Gasteiger partial charge in [-0.3, -0.25) is 4.79 Å². The molecule has 2 aromatic carbocycles. The summed E-state index contributed by atoms with van der Waals surface area (Å²) in [5.74, 6) is -0.247. The van der Waals surface area contributed by atoms with Gasteiger partial charge in [0.15, 0.2) is 0 Å². The third-order valence-corrected chi connectivity index (χ3v) is 4.37. The topological polar surface area (TPSA) is 70.2 Å². The summed E-state index contributed by atoms with van der Waals surface area (Å²) >= 11 is 0. The highest BCUT2D eigenvalue weighted by molar-refractivity contribution is 6.04. The molecule has 1 amide bonds. The van der Waals surface area contributed by atoms with Crippen LogP contribution in [0.4, 0.5) is 5.69 Å². The highest BCUT2D eigenvalue weighted by atomic mass is 16.1. The predicted octanol–water partition coefficient (Wildman–Crippen LogP) is 4.43. The molecule has 0 aliphatic rings. The molecular formula is C22H16N4O. The molecule has 0 bridgehead atoms. The van der Waals surface area contributed by atoms with Crippen molar-refractivity contribution >= 4 is 17.2 Å². The summed E-state index contributed by atoms with van der Waals surface area (Å²) in [7, 11) is 0. The molecule has 0 saturated carbocycles. The van der Waals surface area contributed by atoms with Crippen molar-refractivity contribution in [3.05, 3.63) is 89.7 Å². The zero-order valence-corrected chi connectivity index (χ0v) is 14.7. The number of aromatic nitrogens is 2. The standard InChI is InChI=1S/C22H16N4O/c1-15-4-3-11-26-14-20(25-21(15)26)17-7-9-19(10-8-17)24-22(27)18-6-2-5-16(12-18)13-23/h2-12,14H,1H3,(H,24,27). The van der Waals surface area contributed by atoms with Crippen LogP contribution in [-0.2, 0) is 0 Å². The number of amides is 1. The van der Waals surface area contributed by atoms with E-state index in [1.165, 1.54) is 0 Å². The molecule has 0 fully saturated rings. The summed E-state index contributed by atoms with van der Waals surface area (Å²) in [6, 6.07) is 20.2. The molecule has 2 aromatic heterocycles. The van der Waals surface area contributed by atoms with Crippen molar-refractivity contribution in [1.82, 2.24) is 9.38 Å². The fourth-order valence-corrected chi connectivity index (χ4v) is 2.95. The van der Waals surface area contributed by atoms with Gasteiger partial charge in [-0.1, -0.05) is 24.3 Å². The molecule has 4 rings (SSSR count). The molecule has 0 unspecified atom stereocenters. The molecule has 0 saturated heterocycles. The van der Waals surface area contributed by atoms with Crippen LogP contribution in [0, 0.1) is 18.3 Å². The third-order valence-electron chi connectivity index (χ3n) is 4.37. The Labute approximate surface area is 156 Å². The van der Waals surface area contributed by atoms with Crippen LogP contribution < -0.4 is 5.32 Å². The van der Waals surface area contributed by atoms with Gasteiger partial charge < -0.3 is 9.72 Å². The van der Waals surface area contributed by atoms with Gasteiger partial charge in [0, 0.05) is 29.2 Å². The molecule has 5 nitrogen and oxygen atoms in total. The van der Waals surface area contributed by atoms with Crippen molar-refractivity contribution in [2.75, 3.05) is 5.32 Å². The van der Waals surface area contributed by atoms with E-state index in [1.807, 2.05) is 66.2 Å². The van der Waals surface area contributed by atoms with Crippen LogP contribution in [0.5, 0.6) is 0 Å². The smallest absolute Gasteiger partial charge is 0.255 e. The fourth-order valence-electron chi connectivity index (χ4n) is 2.95. The van der Waals surface area contributed by atoms with Gasteiger partial charge in [-0.25, -0.2) is 4.98 Å². The molecule has 2 heterocycles. The van der Waals surface area contributed by atoms with E-state index >= 15 is 0 Å². The number of hydrogen-bond donors (Lipinski definition) is 1. The van der Waals surface area contributed by atoms with Crippen LogP contribution in [0.25, 0.3) is 16.9 Å². The van der Waals surface area contributed by atoms with Gasteiger partial charge in [-0.15, -0.1) is 0 Å². The Hall–Kier alpha value is -3.91. The zero-order valence-electron chi connectivity index (χ0n) is 14.7. The Morgan fingerprint density at radius 1 is 1.11 bits per heavy atom. The van der Waals surface area contributed by atoms with Crippen LogP contribution in [0.2, 0.25) is 0 Å². The van der Waals surface area contributed by atoms with E-state index in [1.54, 1.807) is 24.3 Å². The van der Waals surface area contributed by atoms with E-state index in [0.717, 1.165) is 22.5 Å². The third kappa shape index (κ3) is 3.29. The second-order valence-corrected chi connectivity index (χ2v) is 6.27. The van der Waals surface area contributed by atoms with E-state index in [2.05, 4.69) is 10.3 Å². The van der Waals surface area contributed by atoms with E-state index in [0.29, 0.717) is 16.8 Å². The minimum Gasteiger partial charge on any atom is -0.322 e. The maximum absolute atomic E-state index is 12.4. The van der Waals surface area contributed by atoms with Crippen molar-refractivity contribution in [2.45, 2.75) is 6.92 Å². The van der Waals surface area contributed by atoms with Crippen molar-refractivity contribution in [3.63, 3.8) is 0 Å². The molecule has 130 valence electrons. The molecule has 5 heteroatoms. The number of rotatable bonds is 3. The minimum atomic E-state index is -0.247. The van der Waals surface area contributed by atoms with Crippen LogP contribution in [0.15, 0.2) is 73.1 Å². The van der Waals surface area contributed by atoms with Gasteiger partial charge in [-0.05, 0) is 48.9 Å². The van der Waals surface area contributed by atoms with Crippen LogP contribution >= 0.6 is 0 Å². The van der Waals surface area contributed by atoms with Crippen LogP contribution in [0.3, 0.4) is 0 Å². The first-order chi connectivity index (χ1) is 13.1. The number of benzene rings is 2. The zero-order chi connectivity index (χ0) is 18.8. The summed E-state index contributed by atoms with van der Waals surface area (Å²) < 4.78 is 2.00. The number of carbonyl (C=O) groups is 1. The van der Waals surface area contributed by atoms with Crippen molar-refractivity contribution < 1.29 is 4.79 Å². The second-order valence-electron chi connectivity index (χ2n) is 6.27. The van der Waals surface area contributed by atoms with Crippen LogP contribution in [-0.4, -0.2) is 15.3 Å². The van der Waals surface area contributed by atoms with E-state index < -0.39 is 0 Å². The van der Waals surface area contributed by atoms with E-state index in [-0.39, 0.29) is 5.91 Å². The minimum absolute atomic E-state index is 0.247. The van der Waals surface area contributed by atoms with E-state index in [4.69, 9.17) is 5.26 Å². The lowest BCUT2D eigenvalue weighted by atomic mass is 10.1. The lowest BCUT2D eigenvalue weighted by molar-refractivity contribution is 0.102. The largest absolute Gasteiger partial charge is 0.322 e. The molecule has 0 aliphatic heterocycles. The highest BCUT2D eigenvalue weighted by Crippen LogP contribution is 2.22. The van der Waals surface area contributed by atoms with E-state index in [9.17, 15) is 4.79 Å². The van der Waals surface area contributed by atoms with Gasteiger partial charge in [0.1, 0.15) is 5.65 Å². The van der Waals surface area contributed by atoms with Crippen molar-refractivity contribution in [3.8, 4) is 17.3 Å². The second kappa shape index (κ2) is 6.77. The van der Waals surface area contributed by atoms with Gasteiger partial charge >= 0.3 is 0 Å². The normalized spacial score (nSPS) is 10.5. The lowest BCUT2D eigenvalue weighted by Crippen LogP contribution is -2.11. The molecule has 27 heavy (non-hydrogen) atoms. The Bertz CT molecular complexity index is 1180. The molecule has 1 N–H and O–H groups in total. The Morgan fingerprint density at radius 2 is 1.93 bits per heavy atom. The first kappa shape index (κ1) is 16.6. The molecule has 4 aromatic rings. The van der Waals surface area contributed by atoms with Gasteiger partial charge in [0.05, 0.1) is 17.3 Å². The van der Waals surface area contributed by atoms with Crippen LogP contribution in [0.1, 0.15) is 21.5 Å². The number of fused-ring (bicyclic) bond motifs is 1. The number of anilines is 1. The number of nitrogens with one attached hydrogen (secondary N) is 1. The number of pyridine rings is 1. The maximum atomic E-state index is 12.4. The van der Waals surface area contributed by atoms with Crippen molar-refractivity contribution in [2.24, 2.45) is 0 Å².